The minimum Gasteiger partial charge on any atom is -0.481 e. The van der Waals surface area contributed by atoms with Gasteiger partial charge in [-0.1, -0.05) is 13.3 Å². The van der Waals surface area contributed by atoms with E-state index in [4.69, 9.17) is 5.11 Å². The molecule has 0 aliphatic heterocycles. The average Bonchev–Trinajstić information content (AvgIpc) is 2.81. The van der Waals surface area contributed by atoms with Crippen LogP contribution in [0.4, 0.5) is 5.13 Å². The third kappa shape index (κ3) is 4.96. The van der Waals surface area contributed by atoms with Crippen LogP contribution in [0, 0.1) is 5.92 Å². The number of hydrogen-bond donors (Lipinski definition) is 3. The molecule has 1 rings (SSSR count). The van der Waals surface area contributed by atoms with E-state index in [0.717, 1.165) is 17.8 Å². The Bertz CT molecular complexity index is 501. The van der Waals surface area contributed by atoms with E-state index in [1.165, 1.54) is 12.3 Å². The molecule has 0 aliphatic rings. The molecule has 0 saturated carbocycles. The minimum atomic E-state index is -0.927. The molecule has 20 heavy (non-hydrogen) atoms. The number of anilines is 1. The van der Waals surface area contributed by atoms with Gasteiger partial charge in [0.25, 0.3) is 5.91 Å². The summed E-state index contributed by atoms with van der Waals surface area (Å²) in [6.07, 6.45) is 1.24. The molecule has 0 aromatic carbocycles. The first-order valence-corrected chi connectivity index (χ1v) is 7.06. The van der Waals surface area contributed by atoms with Gasteiger partial charge in [-0.25, -0.2) is 4.98 Å². The number of carboxylic acids is 1. The molecule has 1 unspecified atom stereocenters. The first-order chi connectivity index (χ1) is 9.43. The van der Waals surface area contributed by atoms with Crippen LogP contribution in [0.25, 0.3) is 0 Å². The molecule has 1 atom stereocenters. The van der Waals surface area contributed by atoms with Gasteiger partial charge in [0, 0.05) is 18.8 Å². The summed E-state index contributed by atoms with van der Waals surface area (Å²) >= 11 is 1.14. The van der Waals surface area contributed by atoms with Crippen molar-refractivity contribution in [2.75, 3.05) is 11.9 Å². The lowest BCUT2D eigenvalue weighted by Crippen LogP contribution is -2.33. The maximum Gasteiger partial charge on any atom is 0.308 e. The predicted molar refractivity (Wildman–Crippen MR) is 74.8 cm³/mol. The van der Waals surface area contributed by atoms with Gasteiger partial charge in [0.15, 0.2) is 5.13 Å². The summed E-state index contributed by atoms with van der Waals surface area (Å²) in [5, 5.41) is 15.8. The predicted octanol–water partition coefficient (Wildman–Crippen LogP) is 1.33. The monoisotopic (exact) mass is 299 g/mol. The van der Waals surface area contributed by atoms with E-state index >= 15 is 0 Å². The molecule has 2 amide bonds. The zero-order chi connectivity index (χ0) is 15.1. The summed E-state index contributed by atoms with van der Waals surface area (Å²) in [5.74, 6) is -2.23. The number of hydrogen-bond acceptors (Lipinski definition) is 5. The minimum absolute atomic E-state index is 0.0645. The second kappa shape index (κ2) is 7.59. The topological polar surface area (TPSA) is 108 Å². The second-order valence-corrected chi connectivity index (χ2v) is 5.11. The van der Waals surface area contributed by atoms with Crippen LogP contribution in [0.3, 0.4) is 0 Å². The number of carboxylic acid groups (broad SMARTS) is 1. The van der Waals surface area contributed by atoms with E-state index in [9.17, 15) is 14.4 Å². The number of carbonyl (C=O) groups excluding carboxylic acids is 2. The van der Waals surface area contributed by atoms with Gasteiger partial charge in [-0.3, -0.25) is 14.4 Å². The van der Waals surface area contributed by atoms with Crippen molar-refractivity contribution in [1.82, 2.24) is 10.3 Å². The number of nitrogens with one attached hydrogen (secondary N) is 2. The van der Waals surface area contributed by atoms with Crippen LogP contribution in [0.5, 0.6) is 0 Å². The van der Waals surface area contributed by atoms with Crippen molar-refractivity contribution in [2.24, 2.45) is 5.92 Å². The Hall–Kier alpha value is -1.96. The molecule has 0 bridgehead atoms. The van der Waals surface area contributed by atoms with Crippen molar-refractivity contribution in [3.05, 3.63) is 11.1 Å². The molecular weight excluding hydrogens is 282 g/mol. The van der Waals surface area contributed by atoms with E-state index < -0.39 is 17.8 Å². The normalized spacial score (nSPS) is 11.7. The first-order valence-electron chi connectivity index (χ1n) is 6.18. The Morgan fingerprint density at radius 3 is 2.70 bits per heavy atom. The highest BCUT2D eigenvalue weighted by Crippen LogP contribution is 2.15. The first kappa shape index (κ1) is 16.1. The van der Waals surface area contributed by atoms with Crippen LogP contribution >= 0.6 is 11.3 Å². The average molecular weight is 299 g/mol. The summed E-state index contributed by atoms with van der Waals surface area (Å²) in [6, 6.07) is 0. The van der Waals surface area contributed by atoms with Crippen molar-refractivity contribution in [3.63, 3.8) is 0 Å². The second-order valence-electron chi connectivity index (χ2n) is 4.25. The van der Waals surface area contributed by atoms with Crippen molar-refractivity contribution in [3.8, 4) is 0 Å². The highest BCUT2D eigenvalue weighted by Gasteiger charge is 2.18. The Balaban J connectivity index is 2.55. The van der Waals surface area contributed by atoms with E-state index in [1.807, 2.05) is 6.92 Å². The lowest BCUT2D eigenvalue weighted by atomic mass is 10.0. The van der Waals surface area contributed by atoms with Gasteiger partial charge in [-0.05, 0) is 6.42 Å². The largest absolute Gasteiger partial charge is 0.481 e. The molecule has 0 saturated heterocycles. The standard InChI is InChI=1S/C12H17N3O4S/c1-3-4-8(11(18)19)5-13-10(17)9-6-20-12(15-9)14-7(2)16/h6,8H,3-5H2,1-2H3,(H,13,17)(H,18,19)(H,14,15,16). The lowest BCUT2D eigenvalue weighted by molar-refractivity contribution is -0.141. The third-order valence-electron chi connectivity index (χ3n) is 2.52. The molecule has 0 fully saturated rings. The smallest absolute Gasteiger partial charge is 0.308 e. The van der Waals surface area contributed by atoms with Gasteiger partial charge in [0.2, 0.25) is 5.91 Å². The Morgan fingerprint density at radius 2 is 2.15 bits per heavy atom. The quantitative estimate of drug-likeness (QED) is 0.704. The van der Waals surface area contributed by atoms with Gasteiger partial charge < -0.3 is 15.7 Å². The van der Waals surface area contributed by atoms with E-state index in [1.54, 1.807) is 0 Å². The molecule has 0 radical (unpaired) electrons. The molecule has 8 heteroatoms. The zero-order valence-corrected chi connectivity index (χ0v) is 12.1. The van der Waals surface area contributed by atoms with Crippen molar-refractivity contribution < 1.29 is 19.5 Å². The van der Waals surface area contributed by atoms with Gasteiger partial charge in [0.05, 0.1) is 5.92 Å². The fraction of sp³-hybridized carbons (Fsp3) is 0.500. The van der Waals surface area contributed by atoms with Gasteiger partial charge >= 0.3 is 5.97 Å². The Kier molecular flexibility index (Phi) is 6.10. The van der Waals surface area contributed by atoms with Gasteiger partial charge in [-0.15, -0.1) is 11.3 Å². The van der Waals surface area contributed by atoms with E-state index in [0.29, 0.717) is 11.6 Å². The Labute approximate surface area is 120 Å². The summed E-state index contributed by atoms with van der Waals surface area (Å²) in [7, 11) is 0. The van der Waals surface area contributed by atoms with Crippen LogP contribution in [-0.4, -0.2) is 34.4 Å². The summed E-state index contributed by atoms with van der Waals surface area (Å²) in [5.41, 5.74) is 0.166. The zero-order valence-electron chi connectivity index (χ0n) is 11.3. The number of rotatable bonds is 7. The molecule has 1 aromatic heterocycles. The number of carbonyl (C=O) groups is 3. The van der Waals surface area contributed by atoms with Crippen molar-refractivity contribution >= 4 is 34.3 Å². The SMILES string of the molecule is CCCC(CNC(=O)c1csc(NC(C)=O)n1)C(=O)O. The molecule has 110 valence electrons. The summed E-state index contributed by atoms with van der Waals surface area (Å²) < 4.78 is 0. The number of nitrogens with zero attached hydrogens (tertiary/aromatic N) is 1. The van der Waals surface area contributed by atoms with E-state index in [-0.39, 0.29) is 18.1 Å². The molecule has 7 nitrogen and oxygen atoms in total. The molecule has 0 aliphatic carbocycles. The highest BCUT2D eigenvalue weighted by atomic mass is 32.1. The maximum atomic E-state index is 11.8. The lowest BCUT2D eigenvalue weighted by Gasteiger charge is -2.11. The summed E-state index contributed by atoms with van der Waals surface area (Å²) in [4.78, 5) is 37.5. The maximum absolute atomic E-state index is 11.8. The highest BCUT2D eigenvalue weighted by molar-refractivity contribution is 7.14. The number of aromatic nitrogens is 1. The molecule has 3 N–H and O–H groups in total. The van der Waals surface area contributed by atoms with Crippen LogP contribution in [-0.2, 0) is 9.59 Å². The molecule has 1 heterocycles. The van der Waals surface area contributed by atoms with Crippen LogP contribution < -0.4 is 10.6 Å². The van der Waals surface area contributed by atoms with Crippen LogP contribution in [0.2, 0.25) is 0 Å². The Morgan fingerprint density at radius 1 is 1.45 bits per heavy atom. The van der Waals surface area contributed by atoms with Crippen LogP contribution in [0.15, 0.2) is 5.38 Å². The number of thiazole rings is 1. The van der Waals surface area contributed by atoms with Gasteiger partial charge in [0.1, 0.15) is 5.69 Å². The van der Waals surface area contributed by atoms with Gasteiger partial charge in [-0.2, -0.15) is 0 Å². The third-order valence-corrected chi connectivity index (χ3v) is 3.27. The summed E-state index contributed by atoms with van der Waals surface area (Å²) in [6.45, 7) is 3.30. The number of aliphatic carboxylic acids is 1. The van der Waals surface area contributed by atoms with E-state index in [2.05, 4.69) is 15.6 Å². The fourth-order valence-electron chi connectivity index (χ4n) is 1.55. The van der Waals surface area contributed by atoms with Crippen molar-refractivity contribution in [1.29, 1.82) is 0 Å². The molecule has 0 spiro atoms. The van der Waals surface area contributed by atoms with Crippen LogP contribution in [0.1, 0.15) is 37.2 Å². The number of amides is 2. The fourth-order valence-corrected chi connectivity index (χ4v) is 2.29. The molecule has 1 aromatic rings. The van der Waals surface area contributed by atoms with Crippen molar-refractivity contribution in [2.45, 2.75) is 26.7 Å². The molecular formula is C12H17N3O4S.